The molecule has 0 aliphatic carbocycles. The number of benzene rings is 2. The van der Waals surface area contributed by atoms with Crippen LogP contribution < -0.4 is 0 Å². The molecule has 2 nitrogen and oxygen atoms in total. The quantitative estimate of drug-likeness (QED) is 0.782. The Morgan fingerprint density at radius 3 is 2.14 bits per heavy atom. The van der Waals surface area contributed by atoms with Crippen LogP contribution in [0.15, 0.2) is 60.7 Å². The van der Waals surface area contributed by atoms with Crippen molar-refractivity contribution in [3.63, 3.8) is 0 Å². The van der Waals surface area contributed by atoms with Gasteiger partial charge in [0.05, 0.1) is 19.3 Å². The van der Waals surface area contributed by atoms with Crippen LogP contribution in [0.4, 0.5) is 0 Å². The van der Waals surface area contributed by atoms with Gasteiger partial charge in [0.25, 0.3) is 0 Å². The third kappa shape index (κ3) is 3.72. The highest BCUT2D eigenvalue weighted by Gasteiger charge is 2.20. The Kier molecular flexibility index (Phi) is 4.68. The maximum Gasteiger partial charge on any atom is 0.0976 e. The molecule has 1 unspecified atom stereocenters. The average molecular weight is 277 g/mol. The lowest BCUT2D eigenvalue weighted by atomic mass is 10.0. The molecule has 0 saturated carbocycles. The van der Waals surface area contributed by atoms with Gasteiger partial charge in [-0.15, -0.1) is 0 Å². The molecule has 0 amide bonds. The van der Waals surface area contributed by atoms with Gasteiger partial charge >= 0.3 is 0 Å². The first-order chi connectivity index (χ1) is 10.4. The molecule has 0 bridgehead atoms. The van der Waals surface area contributed by atoms with Gasteiger partial charge in [0.15, 0.2) is 0 Å². The van der Waals surface area contributed by atoms with E-state index in [2.05, 4.69) is 41.0 Å². The molecule has 0 aromatic heterocycles. The van der Waals surface area contributed by atoms with Crippen LogP contribution in [0.5, 0.6) is 0 Å². The zero-order chi connectivity index (χ0) is 14.3. The molecule has 21 heavy (non-hydrogen) atoms. The molecular weight excluding hydrogens is 258 g/mol. The fraction of sp³-hybridized carbons (Fsp3) is 0.263. The maximum absolute atomic E-state index is 5.46. The van der Waals surface area contributed by atoms with Crippen LogP contribution in [0.3, 0.4) is 0 Å². The first-order valence-corrected chi connectivity index (χ1v) is 7.37. The molecule has 2 aromatic rings. The zero-order valence-electron chi connectivity index (χ0n) is 12.0. The maximum atomic E-state index is 5.46. The van der Waals surface area contributed by atoms with Crippen LogP contribution >= 0.6 is 0 Å². The first kappa shape index (κ1) is 13.9. The highest BCUT2D eigenvalue weighted by atomic mass is 16.5. The second-order valence-electron chi connectivity index (χ2n) is 5.10. The number of nitrogens with zero attached hydrogens (tertiary/aromatic N) is 1. The average Bonchev–Trinajstić information content (AvgIpc) is 2.58. The van der Waals surface area contributed by atoms with Crippen LogP contribution in [0, 0.1) is 11.8 Å². The van der Waals surface area contributed by atoms with Gasteiger partial charge in [-0.2, -0.15) is 0 Å². The van der Waals surface area contributed by atoms with Crippen molar-refractivity contribution in [1.29, 1.82) is 0 Å². The molecule has 3 rings (SSSR count). The van der Waals surface area contributed by atoms with E-state index in [0.717, 1.165) is 31.9 Å². The van der Waals surface area contributed by atoms with E-state index < -0.39 is 0 Å². The molecule has 0 N–H and O–H groups in total. The molecule has 1 aliphatic rings. The summed E-state index contributed by atoms with van der Waals surface area (Å²) in [4.78, 5) is 2.40. The summed E-state index contributed by atoms with van der Waals surface area (Å²) < 4.78 is 5.46. The predicted molar refractivity (Wildman–Crippen MR) is 84.9 cm³/mol. The first-order valence-electron chi connectivity index (χ1n) is 7.37. The Morgan fingerprint density at radius 2 is 1.48 bits per heavy atom. The largest absolute Gasteiger partial charge is 0.379 e. The van der Waals surface area contributed by atoms with E-state index in [1.807, 2.05) is 36.4 Å². The van der Waals surface area contributed by atoms with E-state index in [1.165, 1.54) is 5.56 Å². The number of hydrogen-bond acceptors (Lipinski definition) is 2. The van der Waals surface area contributed by atoms with Gasteiger partial charge in [0.1, 0.15) is 0 Å². The van der Waals surface area contributed by atoms with Crippen LogP contribution in [0.2, 0.25) is 0 Å². The summed E-state index contributed by atoms with van der Waals surface area (Å²) in [7, 11) is 0. The molecule has 0 spiro atoms. The fourth-order valence-corrected chi connectivity index (χ4v) is 2.53. The van der Waals surface area contributed by atoms with Gasteiger partial charge < -0.3 is 4.74 Å². The summed E-state index contributed by atoms with van der Waals surface area (Å²) in [5, 5.41) is 0. The lowest BCUT2D eigenvalue weighted by molar-refractivity contribution is 0.0270. The molecule has 1 atom stereocenters. The molecule has 1 saturated heterocycles. The van der Waals surface area contributed by atoms with E-state index in [9.17, 15) is 0 Å². The molecule has 1 fully saturated rings. The Bertz CT molecular complexity index is 606. The van der Waals surface area contributed by atoms with Crippen molar-refractivity contribution >= 4 is 0 Å². The minimum absolute atomic E-state index is 0.135. The predicted octanol–water partition coefficient (Wildman–Crippen LogP) is 3.11. The third-order valence-electron chi connectivity index (χ3n) is 3.65. The van der Waals surface area contributed by atoms with Crippen LogP contribution in [-0.2, 0) is 4.74 Å². The summed E-state index contributed by atoms with van der Waals surface area (Å²) in [5.74, 6) is 6.75. The minimum Gasteiger partial charge on any atom is -0.379 e. The molecule has 1 aliphatic heterocycles. The normalized spacial score (nSPS) is 16.8. The minimum atomic E-state index is 0.135. The SMILES string of the molecule is C(#CC(c1ccccc1)N1CCOCC1)c1ccccc1. The Hall–Kier alpha value is -2.08. The van der Waals surface area contributed by atoms with E-state index >= 15 is 0 Å². The molecular formula is C19H19NO. The van der Waals surface area contributed by atoms with Gasteiger partial charge in [0.2, 0.25) is 0 Å². The van der Waals surface area contributed by atoms with Crippen LogP contribution in [-0.4, -0.2) is 31.2 Å². The third-order valence-corrected chi connectivity index (χ3v) is 3.65. The van der Waals surface area contributed by atoms with Crippen molar-refractivity contribution < 1.29 is 4.74 Å². The van der Waals surface area contributed by atoms with Gasteiger partial charge in [-0.05, 0) is 17.7 Å². The molecule has 2 aromatic carbocycles. The number of morpholine rings is 1. The monoisotopic (exact) mass is 277 g/mol. The summed E-state index contributed by atoms with van der Waals surface area (Å²) in [6.45, 7) is 3.44. The number of ether oxygens (including phenoxy) is 1. The summed E-state index contributed by atoms with van der Waals surface area (Å²) in [5.41, 5.74) is 2.31. The Labute approximate surface area is 126 Å². The van der Waals surface area contributed by atoms with E-state index in [1.54, 1.807) is 0 Å². The van der Waals surface area contributed by atoms with Crippen molar-refractivity contribution in [3.8, 4) is 11.8 Å². The summed E-state index contributed by atoms with van der Waals surface area (Å²) in [6, 6.07) is 20.8. The van der Waals surface area contributed by atoms with Crippen LogP contribution in [0.1, 0.15) is 17.2 Å². The van der Waals surface area contributed by atoms with Crippen molar-refractivity contribution in [2.75, 3.05) is 26.3 Å². The smallest absolute Gasteiger partial charge is 0.0976 e. The van der Waals surface area contributed by atoms with E-state index in [4.69, 9.17) is 4.74 Å². The Morgan fingerprint density at radius 1 is 0.857 bits per heavy atom. The Balaban J connectivity index is 1.87. The fourth-order valence-electron chi connectivity index (χ4n) is 2.53. The van der Waals surface area contributed by atoms with Gasteiger partial charge in [-0.25, -0.2) is 0 Å². The zero-order valence-corrected chi connectivity index (χ0v) is 12.0. The van der Waals surface area contributed by atoms with E-state index in [0.29, 0.717) is 0 Å². The molecule has 0 radical (unpaired) electrons. The number of rotatable bonds is 2. The summed E-state index contributed by atoms with van der Waals surface area (Å²) >= 11 is 0. The highest BCUT2D eigenvalue weighted by molar-refractivity contribution is 5.37. The molecule has 2 heteroatoms. The van der Waals surface area contributed by atoms with Crippen molar-refractivity contribution in [2.24, 2.45) is 0 Å². The highest BCUT2D eigenvalue weighted by Crippen LogP contribution is 2.21. The lowest BCUT2D eigenvalue weighted by Gasteiger charge is -2.31. The lowest BCUT2D eigenvalue weighted by Crippen LogP contribution is -2.38. The van der Waals surface area contributed by atoms with Crippen molar-refractivity contribution in [3.05, 3.63) is 71.8 Å². The second kappa shape index (κ2) is 7.08. The summed E-state index contributed by atoms with van der Waals surface area (Å²) in [6.07, 6.45) is 0. The van der Waals surface area contributed by atoms with Crippen molar-refractivity contribution in [1.82, 2.24) is 4.90 Å². The second-order valence-corrected chi connectivity index (χ2v) is 5.10. The van der Waals surface area contributed by atoms with Gasteiger partial charge in [-0.3, -0.25) is 4.90 Å². The van der Waals surface area contributed by atoms with Crippen LogP contribution in [0.25, 0.3) is 0 Å². The standard InChI is InChI=1S/C19H19NO/c1-3-7-17(8-4-1)11-12-19(18-9-5-2-6-10-18)20-13-15-21-16-14-20/h1-10,19H,13-16H2. The topological polar surface area (TPSA) is 12.5 Å². The molecule has 1 heterocycles. The van der Waals surface area contributed by atoms with Crippen molar-refractivity contribution in [2.45, 2.75) is 6.04 Å². The molecule has 106 valence electrons. The number of hydrogen-bond donors (Lipinski definition) is 0. The van der Waals surface area contributed by atoms with E-state index in [-0.39, 0.29) is 6.04 Å². The van der Waals surface area contributed by atoms with Gasteiger partial charge in [0, 0.05) is 18.7 Å². The van der Waals surface area contributed by atoms with Gasteiger partial charge in [-0.1, -0.05) is 60.4 Å².